The Balaban J connectivity index is 2.12. The zero-order chi connectivity index (χ0) is 21.1. The van der Waals surface area contributed by atoms with Gasteiger partial charge in [-0.25, -0.2) is 13.1 Å². The van der Waals surface area contributed by atoms with Crippen molar-refractivity contribution in [2.24, 2.45) is 0 Å². The molecule has 29 heavy (non-hydrogen) atoms. The molecule has 1 atom stereocenters. The molecule has 0 aliphatic carbocycles. The summed E-state index contributed by atoms with van der Waals surface area (Å²) in [5.74, 6) is 0.681. The van der Waals surface area contributed by atoms with Crippen LogP contribution >= 0.6 is 0 Å². The van der Waals surface area contributed by atoms with E-state index in [0.29, 0.717) is 5.75 Å². The predicted molar refractivity (Wildman–Crippen MR) is 121 cm³/mol. The summed E-state index contributed by atoms with van der Waals surface area (Å²) in [4.78, 5) is 0.265. The number of rotatable bonds is 7. The van der Waals surface area contributed by atoms with Gasteiger partial charge in [0.2, 0.25) is 10.0 Å². The summed E-state index contributed by atoms with van der Waals surface area (Å²) in [6.45, 7) is 6.29. The first-order valence-corrected chi connectivity index (χ1v) is 14.1. The van der Waals surface area contributed by atoms with E-state index in [1.54, 1.807) is 19.2 Å². The standard InChI is InChI=1S/C23H27NO3SSi/c1-18-14-16-19(17-15-18)28(25,26)24-23(21-12-8-9-13-22(21)27-2)29(3,4)20-10-6-5-7-11-20/h5-17,23-24H,1-4H3/t23-/m1/s1. The van der Waals surface area contributed by atoms with Crippen LogP contribution in [0.5, 0.6) is 5.75 Å². The van der Waals surface area contributed by atoms with Crippen LogP contribution in [0.3, 0.4) is 0 Å². The molecule has 0 spiro atoms. The molecule has 0 saturated carbocycles. The van der Waals surface area contributed by atoms with E-state index in [1.807, 2.05) is 61.5 Å². The summed E-state index contributed by atoms with van der Waals surface area (Å²) < 4.78 is 35.1. The Morgan fingerprint density at radius 3 is 2.07 bits per heavy atom. The molecule has 0 unspecified atom stereocenters. The largest absolute Gasteiger partial charge is 0.496 e. The molecule has 0 aliphatic heterocycles. The topological polar surface area (TPSA) is 55.4 Å². The Hall–Kier alpha value is -2.41. The van der Waals surface area contributed by atoms with Gasteiger partial charge in [-0.05, 0) is 25.1 Å². The highest BCUT2D eigenvalue weighted by Crippen LogP contribution is 2.33. The quantitative estimate of drug-likeness (QED) is 0.578. The molecule has 0 amide bonds. The first-order chi connectivity index (χ1) is 13.8. The fourth-order valence-corrected chi connectivity index (χ4v) is 8.59. The number of ether oxygens (including phenoxy) is 1. The third-order valence-electron chi connectivity index (χ3n) is 5.29. The second-order valence-electron chi connectivity index (χ2n) is 7.70. The van der Waals surface area contributed by atoms with Gasteiger partial charge in [-0.3, -0.25) is 0 Å². The molecule has 0 heterocycles. The summed E-state index contributed by atoms with van der Waals surface area (Å²) in [5.41, 5.74) is 1.47. The summed E-state index contributed by atoms with van der Waals surface area (Å²) in [5, 5.41) is 1.17. The molecule has 3 rings (SSSR count). The Bertz CT molecular complexity index is 1060. The molecule has 1 N–H and O–H groups in total. The maximum Gasteiger partial charge on any atom is 0.240 e. The molecule has 0 radical (unpaired) electrons. The van der Waals surface area contributed by atoms with Crippen LogP contribution in [0.4, 0.5) is 0 Å². The lowest BCUT2D eigenvalue weighted by Crippen LogP contribution is -2.54. The Morgan fingerprint density at radius 2 is 1.45 bits per heavy atom. The number of aryl methyl sites for hydroxylation is 1. The molecule has 3 aromatic rings. The van der Waals surface area contributed by atoms with Crippen LogP contribution in [0.25, 0.3) is 0 Å². The van der Waals surface area contributed by atoms with Crippen molar-refractivity contribution >= 4 is 23.3 Å². The van der Waals surface area contributed by atoms with Crippen LogP contribution in [0.2, 0.25) is 13.1 Å². The molecular weight excluding hydrogens is 398 g/mol. The van der Waals surface area contributed by atoms with Gasteiger partial charge in [0.1, 0.15) is 13.8 Å². The normalized spacial score (nSPS) is 13.1. The fraction of sp³-hybridized carbons (Fsp3) is 0.217. The number of benzene rings is 3. The van der Waals surface area contributed by atoms with E-state index in [0.717, 1.165) is 11.1 Å². The molecule has 6 heteroatoms. The summed E-state index contributed by atoms with van der Waals surface area (Å²) in [6, 6.07) is 24.7. The Morgan fingerprint density at radius 1 is 0.862 bits per heavy atom. The zero-order valence-electron chi connectivity index (χ0n) is 17.2. The third kappa shape index (κ3) is 4.61. The van der Waals surface area contributed by atoms with Crippen LogP contribution in [-0.4, -0.2) is 23.6 Å². The van der Waals surface area contributed by atoms with Crippen LogP contribution in [0.1, 0.15) is 16.8 Å². The van der Waals surface area contributed by atoms with Gasteiger partial charge in [0.15, 0.2) is 0 Å². The van der Waals surface area contributed by atoms with Gasteiger partial charge in [0, 0.05) is 11.2 Å². The fourth-order valence-electron chi connectivity index (χ4n) is 3.48. The average Bonchev–Trinajstić information content (AvgIpc) is 2.73. The van der Waals surface area contributed by atoms with Gasteiger partial charge in [0.25, 0.3) is 0 Å². The van der Waals surface area contributed by atoms with Crippen LogP contribution in [-0.2, 0) is 10.0 Å². The molecular formula is C23H27NO3SSi. The second-order valence-corrected chi connectivity index (χ2v) is 14.0. The van der Waals surface area contributed by atoms with Crippen molar-refractivity contribution < 1.29 is 13.2 Å². The van der Waals surface area contributed by atoms with Crippen molar-refractivity contribution in [2.75, 3.05) is 7.11 Å². The first-order valence-electron chi connectivity index (χ1n) is 9.53. The number of methoxy groups -OCH3 is 1. The maximum atomic E-state index is 13.3. The Labute approximate surface area is 174 Å². The van der Waals surface area contributed by atoms with Crippen molar-refractivity contribution in [3.63, 3.8) is 0 Å². The van der Waals surface area contributed by atoms with E-state index >= 15 is 0 Å². The molecule has 0 bridgehead atoms. The van der Waals surface area contributed by atoms with Gasteiger partial charge in [0.05, 0.1) is 12.0 Å². The molecule has 0 aromatic heterocycles. The van der Waals surface area contributed by atoms with E-state index in [2.05, 4.69) is 29.9 Å². The van der Waals surface area contributed by atoms with E-state index in [-0.39, 0.29) is 4.90 Å². The van der Waals surface area contributed by atoms with Crippen molar-refractivity contribution in [3.8, 4) is 5.75 Å². The van der Waals surface area contributed by atoms with E-state index in [9.17, 15) is 8.42 Å². The van der Waals surface area contributed by atoms with E-state index in [4.69, 9.17) is 4.74 Å². The van der Waals surface area contributed by atoms with Gasteiger partial charge < -0.3 is 4.74 Å². The number of para-hydroxylation sites is 1. The number of sulfonamides is 1. The first kappa shape index (κ1) is 21.3. The van der Waals surface area contributed by atoms with E-state index < -0.39 is 23.8 Å². The second kappa shape index (κ2) is 8.53. The monoisotopic (exact) mass is 425 g/mol. The summed E-state index contributed by atoms with van der Waals surface area (Å²) >= 11 is 0. The zero-order valence-corrected chi connectivity index (χ0v) is 19.0. The highest BCUT2D eigenvalue weighted by molar-refractivity contribution is 7.89. The van der Waals surface area contributed by atoms with Gasteiger partial charge in [-0.1, -0.05) is 84.5 Å². The lowest BCUT2D eigenvalue weighted by atomic mass is 10.2. The van der Waals surface area contributed by atoms with Gasteiger partial charge in [-0.2, -0.15) is 0 Å². The minimum atomic E-state index is -3.71. The molecule has 3 aromatic carbocycles. The highest BCUT2D eigenvalue weighted by atomic mass is 32.2. The van der Waals surface area contributed by atoms with Crippen molar-refractivity contribution in [1.82, 2.24) is 4.72 Å². The molecule has 0 fully saturated rings. The number of hydrogen-bond donors (Lipinski definition) is 1. The molecule has 0 saturated heterocycles. The lowest BCUT2D eigenvalue weighted by Gasteiger charge is -2.34. The lowest BCUT2D eigenvalue weighted by molar-refractivity contribution is 0.408. The Kier molecular flexibility index (Phi) is 6.26. The smallest absolute Gasteiger partial charge is 0.240 e. The highest BCUT2D eigenvalue weighted by Gasteiger charge is 2.39. The molecule has 4 nitrogen and oxygen atoms in total. The number of nitrogens with one attached hydrogen (secondary N) is 1. The molecule has 152 valence electrons. The minimum absolute atomic E-state index is 0.265. The summed E-state index contributed by atoms with van der Waals surface area (Å²) in [7, 11) is -4.42. The number of hydrogen-bond acceptors (Lipinski definition) is 3. The summed E-state index contributed by atoms with van der Waals surface area (Å²) in [6.07, 6.45) is 0. The third-order valence-corrected chi connectivity index (χ3v) is 10.7. The van der Waals surface area contributed by atoms with Crippen molar-refractivity contribution in [1.29, 1.82) is 0 Å². The van der Waals surface area contributed by atoms with Crippen LogP contribution in [0.15, 0.2) is 83.8 Å². The molecule has 0 aliphatic rings. The van der Waals surface area contributed by atoms with Crippen molar-refractivity contribution in [3.05, 3.63) is 90.0 Å². The van der Waals surface area contributed by atoms with Crippen LogP contribution in [0, 0.1) is 6.92 Å². The average molecular weight is 426 g/mol. The van der Waals surface area contributed by atoms with E-state index in [1.165, 1.54) is 5.19 Å². The van der Waals surface area contributed by atoms with Crippen LogP contribution < -0.4 is 14.6 Å². The van der Waals surface area contributed by atoms with Crippen molar-refractivity contribution in [2.45, 2.75) is 30.6 Å². The minimum Gasteiger partial charge on any atom is -0.496 e. The van der Waals surface area contributed by atoms with Gasteiger partial charge in [-0.15, -0.1) is 0 Å². The maximum absolute atomic E-state index is 13.3. The SMILES string of the molecule is COc1ccccc1[C@H](NS(=O)(=O)c1ccc(C)cc1)[Si](C)(C)c1ccccc1. The predicted octanol–water partition coefficient (Wildman–Crippen LogP) is 4.18. The van der Waals surface area contributed by atoms with Gasteiger partial charge >= 0.3 is 0 Å².